The maximum Gasteiger partial charge on any atom is 0.239 e. The first kappa shape index (κ1) is 18.9. The van der Waals surface area contributed by atoms with Crippen LogP contribution in [0.15, 0.2) is 48.5 Å². The van der Waals surface area contributed by atoms with Crippen LogP contribution < -0.4 is 10.6 Å². The summed E-state index contributed by atoms with van der Waals surface area (Å²) in [5.41, 5.74) is -0.337. The zero-order valence-corrected chi connectivity index (χ0v) is 14.9. The Hall–Kier alpha value is -2.40. The number of hydrogen-bond donors (Lipinski definition) is 2. The molecule has 0 bridgehead atoms. The van der Waals surface area contributed by atoms with E-state index < -0.39 is 17.2 Å². The van der Waals surface area contributed by atoms with E-state index in [0.717, 1.165) is 0 Å². The van der Waals surface area contributed by atoms with Crippen LogP contribution in [0.1, 0.15) is 19.4 Å². The van der Waals surface area contributed by atoms with Gasteiger partial charge in [0.15, 0.2) is 0 Å². The minimum atomic E-state index is -1.30. The van der Waals surface area contributed by atoms with Crippen molar-refractivity contribution in [2.45, 2.75) is 20.3 Å². The summed E-state index contributed by atoms with van der Waals surface area (Å²) in [6, 6.07) is 13.2. The van der Waals surface area contributed by atoms with E-state index in [1.807, 2.05) is 0 Å². The van der Waals surface area contributed by atoms with Gasteiger partial charge in [-0.05, 0) is 44.0 Å². The number of carbonyl (C=O) groups is 2. The van der Waals surface area contributed by atoms with E-state index in [1.54, 1.807) is 42.5 Å². The topological polar surface area (TPSA) is 58.2 Å². The molecule has 6 heteroatoms. The normalized spacial score (nSPS) is 11.0. The fourth-order valence-corrected chi connectivity index (χ4v) is 2.36. The Morgan fingerprint density at radius 1 is 1.04 bits per heavy atom. The summed E-state index contributed by atoms with van der Waals surface area (Å²) >= 11 is 6.01. The molecule has 0 fully saturated rings. The molecular weight excluding hydrogens is 343 g/mol. The number of para-hydroxylation sites is 1. The predicted molar refractivity (Wildman–Crippen MR) is 97.0 cm³/mol. The van der Waals surface area contributed by atoms with Crippen LogP contribution in [0, 0.1) is 11.2 Å². The molecule has 0 aliphatic rings. The molecule has 2 amide bonds. The Bertz CT molecular complexity index is 778. The smallest absolute Gasteiger partial charge is 0.239 e. The summed E-state index contributed by atoms with van der Waals surface area (Å²) < 4.78 is 13.6. The van der Waals surface area contributed by atoms with E-state index in [2.05, 4.69) is 10.6 Å². The molecule has 0 aliphatic carbocycles. The van der Waals surface area contributed by atoms with Crippen molar-refractivity contribution >= 4 is 29.1 Å². The maximum atomic E-state index is 13.6. The molecule has 0 aliphatic heterocycles. The predicted octanol–water partition coefficient (Wildman–Crippen LogP) is 3.80. The van der Waals surface area contributed by atoms with Crippen LogP contribution in [0.4, 0.5) is 10.1 Å². The Labute approximate surface area is 151 Å². The van der Waals surface area contributed by atoms with Gasteiger partial charge < -0.3 is 10.6 Å². The number of amides is 2. The van der Waals surface area contributed by atoms with Crippen molar-refractivity contribution in [3.63, 3.8) is 0 Å². The van der Waals surface area contributed by atoms with Crippen LogP contribution in [-0.4, -0.2) is 18.4 Å². The quantitative estimate of drug-likeness (QED) is 0.768. The summed E-state index contributed by atoms with van der Waals surface area (Å²) in [4.78, 5) is 24.8. The lowest BCUT2D eigenvalue weighted by atomic mass is 9.91. The number of rotatable bonds is 6. The Balaban J connectivity index is 1.94. The number of carbonyl (C=O) groups excluding carboxylic acids is 2. The molecule has 0 unspecified atom stereocenters. The average Bonchev–Trinajstić information content (AvgIpc) is 2.58. The zero-order valence-electron chi connectivity index (χ0n) is 14.1. The zero-order chi connectivity index (χ0) is 18.4. The Morgan fingerprint density at radius 2 is 1.68 bits per heavy atom. The molecule has 132 valence electrons. The fraction of sp³-hybridized carbons (Fsp3) is 0.263. The standard InChI is InChI=1S/C19H20ClFN2O2/c1-19(2,18(25)23-16-10-6-4-8-14(16)20)17(24)22-12-11-13-7-3-5-9-15(13)21/h3-10H,11-12H2,1-2H3,(H,22,24)(H,23,25). The monoisotopic (exact) mass is 362 g/mol. The van der Waals surface area contributed by atoms with Crippen LogP contribution in [0.2, 0.25) is 5.02 Å². The van der Waals surface area contributed by atoms with Crippen molar-refractivity contribution in [2.24, 2.45) is 5.41 Å². The lowest BCUT2D eigenvalue weighted by Crippen LogP contribution is -2.45. The SMILES string of the molecule is CC(C)(C(=O)NCCc1ccccc1F)C(=O)Nc1ccccc1Cl. The Kier molecular flexibility index (Phi) is 6.15. The second-order valence-electron chi connectivity index (χ2n) is 6.16. The molecule has 0 atom stereocenters. The highest BCUT2D eigenvalue weighted by atomic mass is 35.5. The minimum Gasteiger partial charge on any atom is -0.355 e. The molecule has 0 saturated carbocycles. The lowest BCUT2D eigenvalue weighted by Gasteiger charge is -2.23. The van der Waals surface area contributed by atoms with Gasteiger partial charge in [0.05, 0.1) is 10.7 Å². The van der Waals surface area contributed by atoms with Gasteiger partial charge in [0.2, 0.25) is 11.8 Å². The van der Waals surface area contributed by atoms with E-state index >= 15 is 0 Å². The van der Waals surface area contributed by atoms with Crippen molar-refractivity contribution < 1.29 is 14.0 Å². The third-order valence-corrected chi connectivity index (χ3v) is 4.22. The van der Waals surface area contributed by atoms with E-state index in [0.29, 0.717) is 22.7 Å². The first-order valence-electron chi connectivity index (χ1n) is 7.90. The summed E-state index contributed by atoms with van der Waals surface area (Å²) in [5, 5.41) is 5.73. The molecule has 2 N–H and O–H groups in total. The van der Waals surface area contributed by atoms with Gasteiger partial charge >= 0.3 is 0 Å². The van der Waals surface area contributed by atoms with E-state index in [9.17, 15) is 14.0 Å². The summed E-state index contributed by atoms with van der Waals surface area (Å²) in [6.07, 6.45) is 0.348. The molecule has 2 rings (SSSR count). The highest BCUT2D eigenvalue weighted by Crippen LogP contribution is 2.24. The molecule has 2 aromatic carbocycles. The van der Waals surface area contributed by atoms with Gasteiger partial charge in [-0.1, -0.05) is 41.9 Å². The largest absolute Gasteiger partial charge is 0.355 e. The van der Waals surface area contributed by atoms with Crippen LogP contribution in [-0.2, 0) is 16.0 Å². The van der Waals surface area contributed by atoms with Gasteiger partial charge in [-0.15, -0.1) is 0 Å². The molecular formula is C19H20ClFN2O2. The molecule has 0 radical (unpaired) electrons. The molecule has 25 heavy (non-hydrogen) atoms. The second kappa shape index (κ2) is 8.12. The lowest BCUT2D eigenvalue weighted by molar-refractivity contribution is -0.138. The second-order valence-corrected chi connectivity index (χ2v) is 6.56. The molecule has 0 aromatic heterocycles. The number of hydrogen-bond acceptors (Lipinski definition) is 2. The van der Waals surface area contributed by atoms with E-state index in [1.165, 1.54) is 19.9 Å². The van der Waals surface area contributed by atoms with Crippen molar-refractivity contribution in [3.05, 3.63) is 64.9 Å². The number of benzene rings is 2. The molecule has 4 nitrogen and oxygen atoms in total. The first-order chi connectivity index (χ1) is 11.8. The van der Waals surface area contributed by atoms with Gasteiger partial charge in [0.25, 0.3) is 0 Å². The number of anilines is 1. The molecule has 0 spiro atoms. The van der Waals surface area contributed by atoms with Gasteiger partial charge in [-0.25, -0.2) is 4.39 Å². The number of nitrogens with one attached hydrogen (secondary N) is 2. The van der Waals surface area contributed by atoms with Gasteiger partial charge in [-0.3, -0.25) is 9.59 Å². The van der Waals surface area contributed by atoms with Crippen molar-refractivity contribution in [3.8, 4) is 0 Å². The molecule has 0 saturated heterocycles. The van der Waals surface area contributed by atoms with E-state index in [4.69, 9.17) is 11.6 Å². The van der Waals surface area contributed by atoms with Crippen molar-refractivity contribution in [1.82, 2.24) is 5.32 Å². The summed E-state index contributed by atoms with van der Waals surface area (Å²) in [6.45, 7) is 3.29. The summed E-state index contributed by atoms with van der Waals surface area (Å²) in [5.74, 6) is -1.22. The van der Waals surface area contributed by atoms with Crippen molar-refractivity contribution in [1.29, 1.82) is 0 Å². The highest BCUT2D eigenvalue weighted by Gasteiger charge is 2.36. The van der Waals surface area contributed by atoms with Gasteiger partial charge in [0, 0.05) is 6.54 Å². The van der Waals surface area contributed by atoms with Gasteiger partial charge in [-0.2, -0.15) is 0 Å². The van der Waals surface area contributed by atoms with Crippen LogP contribution in [0.5, 0.6) is 0 Å². The minimum absolute atomic E-state index is 0.239. The van der Waals surface area contributed by atoms with Crippen LogP contribution in [0.3, 0.4) is 0 Å². The maximum absolute atomic E-state index is 13.6. The van der Waals surface area contributed by atoms with Gasteiger partial charge in [0.1, 0.15) is 11.2 Å². The van der Waals surface area contributed by atoms with E-state index in [-0.39, 0.29) is 12.4 Å². The first-order valence-corrected chi connectivity index (χ1v) is 8.28. The Morgan fingerprint density at radius 3 is 2.36 bits per heavy atom. The van der Waals surface area contributed by atoms with Crippen LogP contribution >= 0.6 is 11.6 Å². The van der Waals surface area contributed by atoms with Crippen molar-refractivity contribution in [2.75, 3.05) is 11.9 Å². The summed E-state index contributed by atoms with van der Waals surface area (Å²) in [7, 11) is 0. The third kappa shape index (κ3) is 4.79. The highest BCUT2D eigenvalue weighted by molar-refractivity contribution is 6.33. The molecule has 2 aromatic rings. The number of halogens is 2. The fourth-order valence-electron chi connectivity index (χ4n) is 2.18. The van der Waals surface area contributed by atoms with Crippen LogP contribution in [0.25, 0.3) is 0 Å². The third-order valence-electron chi connectivity index (χ3n) is 3.90. The molecule has 0 heterocycles. The average molecular weight is 363 g/mol.